The summed E-state index contributed by atoms with van der Waals surface area (Å²) >= 11 is 0. The second kappa shape index (κ2) is 10.0. The van der Waals surface area contributed by atoms with Crippen molar-refractivity contribution in [2.24, 2.45) is 0 Å². The SMILES string of the molecule is COc1ccccc1CCNC(=O)/C=C/c1ccc(Oc2cccnc2)c(F)c1. The van der Waals surface area contributed by atoms with E-state index < -0.39 is 5.82 Å². The second-order valence-electron chi connectivity index (χ2n) is 6.17. The zero-order valence-corrected chi connectivity index (χ0v) is 16.0. The van der Waals surface area contributed by atoms with Crippen molar-refractivity contribution in [2.45, 2.75) is 6.42 Å². The van der Waals surface area contributed by atoms with E-state index in [2.05, 4.69) is 10.3 Å². The van der Waals surface area contributed by atoms with E-state index in [9.17, 15) is 9.18 Å². The molecule has 0 unspecified atom stereocenters. The van der Waals surface area contributed by atoms with E-state index in [0.29, 0.717) is 24.3 Å². The normalized spacial score (nSPS) is 10.7. The van der Waals surface area contributed by atoms with Crippen LogP contribution >= 0.6 is 0 Å². The Morgan fingerprint density at radius 1 is 1.14 bits per heavy atom. The predicted molar refractivity (Wildman–Crippen MR) is 109 cm³/mol. The highest BCUT2D eigenvalue weighted by Gasteiger charge is 2.06. The molecule has 148 valence electrons. The third-order valence-corrected chi connectivity index (χ3v) is 4.13. The van der Waals surface area contributed by atoms with Gasteiger partial charge in [-0.1, -0.05) is 24.3 Å². The van der Waals surface area contributed by atoms with Crippen LogP contribution in [0.1, 0.15) is 11.1 Å². The van der Waals surface area contributed by atoms with Crippen LogP contribution in [0.3, 0.4) is 0 Å². The number of halogens is 1. The summed E-state index contributed by atoms with van der Waals surface area (Å²) in [7, 11) is 1.62. The number of hydrogen-bond donors (Lipinski definition) is 1. The van der Waals surface area contributed by atoms with Crippen molar-refractivity contribution < 1.29 is 18.7 Å². The fraction of sp³-hybridized carbons (Fsp3) is 0.130. The molecule has 6 heteroatoms. The Morgan fingerprint density at radius 3 is 2.76 bits per heavy atom. The molecular weight excluding hydrogens is 371 g/mol. The summed E-state index contributed by atoms with van der Waals surface area (Å²) < 4.78 is 25.0. The largest absolute Gasteiger partial charge is 0.496 e. The van der Waals surface area contributed by atoms with E-state index in [1.165, 1.54) is 24.4 Å². The molecule has 5 nitrogen and oxygen atoms in total. The molecule has 0 spiro atoms. The number of pyridine rings is 1. The van der Waals surface area contributed by atoms with Crippen molar-refractivity contribution in [1.82, 2.24) is 10.3 Å². The van der Waals surface area contributed by atoms with Crippen molar-refractivity contribution in [3.8, 4) is 17.2 Å². The van der Waals surface area contributed by atoms with Crippen molar-refractivity contribution in [2.75, 3.05) is 13.7 Å². The molecule has 3 aromatic rings. The highest BCUT2D eigenvalue weighted by atomic mass is 19.1. The Hall–Kier alpha value is -3.67. The highest BCUT2D eigenvalue weighted by Crippen LogP contribution is 2.24. The van der Waals surface area contributed by atoms with Gasteiger partial charge >= 0.3 is 0 Å². The minimum atomic E-state index is -0.521. The number of benzene rings is 2. The summed E-state index contributed by atoms with van der Waals surface area (Å²) in [5.74, 6) is 0.561. The molecule has 0 aliphatic rings. The first-order chi connectivity index (χ1) is 14.2. The van der Waals surface area contributed by atoms with Crippen molar-refractivity contribution >= 4 is 12.0 Å². The number of para-hydroxylation sites is 1. The molecule has 0 fully saturated rings. The molecule has 1 aromatic heterocycles. The summed E-state index contributed by atoms with van der Waals surface area (Å²) in [6, 6.07) is 15.6. The fourth-order valence-corrected chi connectivity index (χ4v) is 2.70. The smallest absolute Gasteiger partial charge is 0.244 e. The van der Waals surface area contributed by atoms with Crippen LogP contribution < -0.4 is 14.8 Å². The Bertz CT molecular complexity index is 990. The van der Waals surface area contributed by atoms with Crippen LogP contribution in [0.15, 0.2) is 73.1 Å². The Balaban J connectivity index is 1.52. The van der Waals surface area contributed by atoms with E-state index >= 15 is 0 Å². The predicted octanol–water partition coefficient (Wildman–Crippen LogP) is 4.39. The van der Waals surface area contributed by atoms with Gasteiger partial charge in [0.2, 0.25) is 5.91 Å². The number of carbonyl (C=O) groups is 1. The first-order valence-electron chi connectivity index (χ1n) is 9.11. The van der Waals surface area contributed by atoms with Gasteiger partial charge in [-0.3, -0.25) is 9.78 Å². The van der Waals surface area contributed by atoms with E-state index in [1.807, 2.05) is 24.3 Å². The molecule has 0 aliphatic carbocycles. The lowest BCUT2D eigenvalue weighted by Gasteiger charge is -2.08. The third-order valence-electron chi connectivity index (χ3n) is 4.13. The van der Waals surface area contributed by atoms with Gasteiger partial charge in [0.1, 0.15) is 11.5 Å². The van der Waals surface area contributed by atoms with Gasteiger partial charge in [0.25, 0.3) is 0 Å². The molecule has 0 radical (unpaired) electrons. The molecule has 3 rings (SSSR count). The minimum absolute atomic E-state index is 0.0939. The standard InChI is InChI=1S/C23H21FN2O3/c1-28-21-7-3-2-5-18(21)12-14-26-23(27)11-9-17-8-10-22(20(24)15-17)29-19-6-4-13-25-16-19/h2-11,13,15-16H,12,14H2,1H3,(H,26,27)/b11-9+. The van der Waals surface area contributed by atoms with Gasteiger partial charge in [-0.25, -0.2) is 4.39 Å². The van der Waals surface area contributed by atoms with Crippen LogP contribution in [0.4, 0.5) is 4.39 Å². The number of hydrogen-bond acceptors (Lipinski definition) is 4. The third kappa shape index (κ3) is 5.90. The average Bonchev–Trinajstić information content (AvgIpc) is 2.75. The van der Waals surface area contributed by atoms with Gasteiger partial charge in [-0.05, 0) is 54.0 Å². The molecule has 0 bridgehead atoms. The number of carbonyl (C=O) groups excluding carboxylic acids is 1. The quantitative estimate of drug-likeness (QED) is 0.578. The van der Waals surface area contributed by atoms with Gasteiger partial charge in [0, 0.05) is 18.8 Å². The second-order valence-corrected chi connectivity index (χ2v) is 6.17. The Labute approximate surface area is 168 Å². The number of methoxy groups -OCH3 is 1. The summed E-state index contributed by atoms with van der Waals surface area (Å²) in [5.41, 5.74) is 1.58. The van der Waals surface area contributed by atoms with Gasteiger partial charge in [0.05, 0.1) is 13.3 Å². The number of rotatable bonds is 8. The lowest BCUT2D eigenvalue weighted by atomic mass is 10.1. The van der Waals surface area contributed by atoms with Crippen LogP contribution in [0.5, 0.6) is 17.2 Å². The summed E-state index contributed by atoms with van der Waals surface area (Å²) in [4.78, 5) is 15.9. The lowest BCUT2D eigenvalue weighted by molar-refractivity contribution is -0.116. The number of aromatic nitrogens is 1. The first-order valence-corrected chi connectivity index (χ1v) is 9.11. The van der Waals surface area contributed by atoms with E-state index in [4.69, 9.17) is 9.47 Å². The summed E-state index contributed by atoms with van der Waals surface area (Å²) in [6.07, 6.45) is 6.69. The zero-order valence-electron chi connectivity index (χ0n) is 16.0. The molecule has 2 aromatic carbocycles. The van der Waals surface area contributed by atoms with Gasteiger partial charge in [-0.2, -0.15) is 0 Å². The van der Waals surface area contributed by atoms with E-state index in [1.54, 1.807) is 37.6 Å². The molecule has 29 heavy (non-hydrogen) atoms. The van der Waals surface area contributed by atoms with Crippen LogP contribution in [-0.2, 0) is 11.2 Å². The maximum absolute atomic E-state index is 14.2. The molecule has 0 aliphatic heterocycles. The van der Waals surface area contributed by atoms with Crippen LogP contribution in [-0.4, -0.2) is 24.5 Å². The zero-order chi connectivity index (χ0) is 20.5. The number of ether oxygens (including phenoxy) is 2. The summed E-state index contributed by atoms with van der Waals surface area (Å²) in [5, 5.41) is 2.80. The summed E-state index contributed by atoms with van der Waals surface area (Å²) in [6.45, 7) is 0.468. The molecule has 1 heterocycles. The first kappa shape index (κ1) is 20.1. The molecule has 0 atom stereocenters. The maximum Gasteiger partial charge on any atom is 0.244 e. The maximum atomic E-state index is 14.2. The highest BCUT2D eigenvalue weighted by molar-refractivity contribution is 5.91. The number of amides is 1. The lowest BCUT2D eigenvalue weighted by Crippen LogP contribution is -2.23. The van der Waals surface area contributed by atoms with Crippen molar-refractivity contribution in [3.05, 3.63) is 90.0 Å². The molecule has 0 saturated carbocycles. The van der Waals surface area contributed by atoms with Crippen LogP contribution in [0.25, 0.3) is 6.08 Å². The van der Waals surface area contributed by atoms with E-state index in [0.717, 1.165) is 11.3 Å². The molecule has 1 N–H and O–H groups in total. The van der Waals surface area contributed by atoms with Crippen LogP contribution in [0.2, 0.25) is 0 Å². The molecule has 0 saturated heterocycles. The van der Waals surface area contributed by atoms with Crippen molar-refractivity contribution in [1.29, 1.82) is 0 Å². The number of nitrogens with one attached hydrogen (secondary N) is 1. The fourth-order valence-electron chi connectivity index (χ4n) is 2.70. The van der Waals surface area contributed by atoms with Crippen LogP contribution in [0, 0.1) is 5.82 Å². The van der Waals surface area contributed by atoms with E-state index in [-0.39, 0.29) is 11.7 Å². The van der Waals surface area contributed by atoms with Gasteiger partial charge in [-0.15, -0.1) is 0 Å². The topological polar surface area (TPSA) is 60.5 Å². The Kier molecular flexibility index (Phi) is 6.95. The van der Waals surface area contributed by atoms with Crippen molar-refractivity contribution in [3.63, 3.8) is 0 Å². The minimum Gasteiger partial charge on any atom is -0.496 e. The Morgan fingerprint density at radius 2 is 2.00 bits per heavy atom. The monoisotopic (exact) mass is 392 g/mol. The molecular formula is C23H21FN2O3. The van der Waals surface area contributed by atoms with Gasteiger partial charge in [0.15, 0.2) is 11.6 Å². The molecule has 1 amide bonds. The average molecular weight is 392 g/mol. The number of nitrogens with zero attached hydrogens (tertiary/aromatic N) is 1. The van der Waals surface area contributed by atoms with Gasteiger partial charge < -0.3 is 14.8 Å².